The molecule has 1 amide bonds. The van der Waals surface area contributed by atoms with Crippen molar-refractivity contribution < 1.29 is 18.0 Å². The van der Waals surface area contributed by atoms with Crippen molar-refractivity contribution in [1.82, 2.24) is 15.3 Å². The molecule has 152 valence electrons. The first-order valence-corrected chi connectivity index (χ1v) is 9.72. The Labute approximate surface area is 173 Å². The first-order valence-electron chi connectivity index (χ1n) is 8.90. The van der Waals surface area contributed by atoms with Crippen molar-refractivity contribution in [2.75, 3.05) is 5.32 Å². The molecule has 0 radical (unpaired) electrons. The summed E-state index contributed by atoms with van der Waals surface area (Å²) in [4.78, 5) is 21.0. The maximum atomic E-state index is 12.8. The van der Waals surface area contributed by atoms with Crippen LogP contribution in [0, 0.1) is 0 Å². The van der Waals surface area contributed by atoms with Crippen LogP contribution in [-0.4, -0.2) is 15.9 Å². The van der Waals surface area contributed by atoms with Gasteiger partial charge in [-0.3, -0.25) is 9.78 Å². The predicted octanol–water partition coefficient (Wildman–Crippen LogP) is 5.38. The highest BCUT2D eigenvalue weighted by atomic mass is 32.1. The second kappa shape index (κ2) is 8.11. The number of nitrogens with zero attached hydrogens (tertiary/aromatic N) is 2. The molecule has 5 nitrogen and oxygen atoms in total. The van der Waals surface area contributed by atoms with E-state index in [0.29, 0.717) is 16.3 Å². The van der Waals surface area contributed by atoms with E-state index in [1.807, 2.05) is 12.1 Å². The SMILES string of the molecule is O=C(NCc1cccc(C(F)(F)F)c1)c1ccc2nc(Nc3cccnc3)sc2c1. The van der Waals surface area contributed by atoms with Crippen molar-refractivity contribution in [2.24, 2.45) is 0 Å². The summed E-state index contributed by atoms with van der Waals surface area (Å²) in [6.07, 6.45) is -1.06. The normalized spacial score (nSPS) is 11.4. The van der Waals surface area contributed by atoms with Crippen LogP contribution in [0.2, 0.25) is 0 Å². The summed E-state index contributed by atoms with van der Waals surface area (Å²) in [5.74, 6) is -0.371. The largest absolute Gasteiger partial charge is 0.416 e. The molecule has 0 aliphatic rings. The molecule has 0 unspecified atom stereocenters. The number of fused-ring (bicyclic) bond motifs is 1. The highest BCUT2D eigenvalue weighted by Crippen LogP contribution is 2.30. The second-order valence-corrected chi connectivity index (χ2v) is 7.48. The lowest BCUT2D eigenvalue weighted by atomic mass is 10.1. The van der Waals surface area contributed by atoms with E-state index in [4.69, 9.17) is 0 Å². The molecular formula is C21H15F3N4OS. The van der Waals surface area contributed by atoms with E-state index >= 15 is 0 Å². The van der Waals surface area contributed by atoms with Crippen molar-refractivity contribution in [3.8, 4) is 0 Å². The summed E-state index contributed by atoms with van der Waals surface area (Å²) >= 11 is 1.39. The van der Waals surface area contributed by atoms with Gasteiger partial charge in [-0.15, -0.1) is 0 Å². The number of hydrogen-bond acceptors (Lipinski definition) is 5. The molecule has 30 heavy (non-hydrogen) atoms. The third kappa shape index (κ3) is 4.57. The van der Waals surface area contributed by atoms with Gasteiger partial charge in [0.15, 0.2) is 5.13 Å². The van der Waals surface area contributed by atoms with Gasteiger partial charge < -0.3 is 10.6 Å². The third-order valence-corrected chi connectivity index (χ3v) is 5.20. The standard InChI is InChI=1S/C21H15F3N4OS/c22-21(23,24)15-4-1-3-13(9-15)11-26-19(29)14-6-7-17-18(10-14)30-20(28-17)27-16-5-2-8-25-12-16/h1-10,12H,11H2,(H,26,29)(H,27,28). The molecule has 2 aromatic heterocycles. The van der Waals surface area contributed by atoms with Crippen LogP contribution in [0.25, 0.3) is 10.2 Å². The van der Waals surface area contributed by atoms with Crippen LogP contribution in [0.5, 0.6) is 0 Å². The molecule has 0 spiro atoms. The minimum absolute atomic E-state index is 0.00268. The molecule has 4 aromatic rings. The number of halogens is 3. The number of alkyl halides is 3. The van der Waals surface area contributed by atoms with Gasteiger partial charge in [0.2, 0.25) is 0 Å². The molecule has 2 heterocycles. The molecule has 0 aliphatic carbocycles. The molecule has 0 atom stereocenters. The van der Waals surface area contributed by atoms with Crippen molar-refractivity contribution in [1.29, 1.82) is 0 Å². The number of anilines is 2. The Morgan fingerprint density at radius 3 is 2.70 bits per heavy atom. The fourth-order valence-electron chi connectivity index (χ4n) is 2.82. The fourth-order valence-corrected chi connectivity index (χ4v) is 3.75. The zero-order chi connectivity index (χ0) is 21.1. The number of aromatic nitrogens is 2. The van der Waals surface area contributed by atoms with Crippen LogP contribution in [0.15, 0.2) is 67.0 Å². The van der Waals surface area contributed by atoms with Crippen molar-refractivity contribution in [2.45, 2.75) is 12.7 Å². The zero-order valence-electron chi connectivity index (χ0n) is 15.4. The first-order chi connectivity index (χ1) is 14.4. The Morgan fingerprint density at radius 2 is 1.93 bits per heavy atom. The van der Waals surface area contributed by atoms with Crippen LogP contribution in [-0.2, 0) is 12.7 Å². The molecule has 2 N–H and O–H groups in total. The average Bonchev–Trinajstić information content (AvgIpc) is 3.13. The Balaban J connectivity index is 1.46. The minimum Gasteiger partial charge on any atom is -0.348 e. The Kier molecular flexibility index (Phi) is 5.37. The summed E-state index contributed by atoms with van der Waals surface area (Å²) < 4.78 is 39.3. The van der Waals surface area contributed by atoms with E-state index in [0.717, 1.165) is 28.0 Å². The lowest BCUT2D eigenvalue weighted by Crippen LogP contribution is -2.22. The summed E-state index contributed by atoms with van der Waals surface area (Å²) in [6, 6.07) is 13.7. The van der Waals surface area contributed by atoms with E-state index < -0.39 is 11.7 Å². The molecule has 0 saturated carbocycles. The van der Waals surface area contributed by atoms with Gasteiger partial charge in [-0.2, -0.15) is 13.2 Å². The van der Waals surface area contributed by atoms with Gasteiger partial charge in [-0.05, 0) is 48.0 Å². The summed E-state index contributed by atoms with van der Waals surface area (Å²) in [5.41, 5.74) is 1.58. The molecule has 4 rings (SSSR count). The predicted molar refractivity (Wildman–Crippen MR) is 110 cm³/mol. The number of benzene rings is 2. The van der Waals surface area contributed by atoms with Crippen LogP contribution < -0.4 is 10.6 Å². The number of amides is 1. The number of nitrogens with one attached hydrogen (secondary N) is 2. The van der Waals surface area contributed by atoms with Gasteiger partial charge in [0.25, 0.3) is 5.91 Å². The first kappa shape index (κ1) is 19.8. The van der Waals surface area contributed by atoms with Crippen molar-refractivity contribution in [3.05, 3.63) is 83.7 Å². The number of carbonyl (C=O) groups is 1. The van der Waals surface area contributed by atoms with Crippen LogP contribution in [0.4, 0.5) is 24.0 Å². The number of rotatable bonds is 5. The second-order valence-electron chi connectivity index (χ2n) is 6.45. The topological polar surface area (TPSA) is 66.9 Å². The Bertz CT molecular complexity index is 1190. The Morgan fingerprint density at radius 1 is 1.07 bits per heavy atom. The number of thiazole rings is 1. The van der Waals surface area contributed by atoms with Crippen molar-refractivity contribution in [3.63, 3.8) is 0 Å². The lowest BCUT2D eigenvalue weighted by molar-refractivity contribution is -0.137. The van der Waals surface area contributed by atoms with Gasteiger partial charge in [-0.1, -0.05) is 23.5 Å². The Hall–Kier alpha value is -3.46. The van der Waals surface area contributed by atoms with Gasteiger partial charge in [-0.25, -0.2) is 4.98 Å². The third-order valence-electron chi connectivity index (χ3n) is 4.27. The molecule has 9 heteroatoms. The quantitative estimate of drug-likeness (QED) is 0.448. The molecular weight excluding hydrogens is 413 g/mol. The maximum absolute atomic E-state index is 12.8. The summed E-state index contributed by atoms with van der Waals surface area (Å²) in [5, 5.41) is 6.48. The van der Waals surface area contributed by atoms with Crippen LogP contribution >= 0.6 is 11.3 Å². The molecule has 0 saturated heterocycles. The van der Waals surface area contributed by atoms with Gasteiger partial charge >= 0.3 is 6.18 Å². The highest BCUT2D eigenvalue weighted by molar-refractivity contribution is 7.22. The maximum Gasteiger partial charge on any atom is 0.416 e. The summed E-state index contributed by atoms with van der Waals surface area (Å²) in [7, 11) is 0. The van der Waals surface area contributed by atoms with E-state index in [1.165, 1.54) is 23.5 Å². The zero-order valence-corrected chi connectivity index (χ0v) is 16.2. The molecule has 0 fully saturated rings. The number of pyridine rings is 1. The van der Waals surface area contributed by atoms with Crippen LogP contribution in [0.1, 0.15) is 21.5 Å². The minimum atomic E-state index is -4.42. The smallest absolute Gasteiger partial charge is 0.348 e. The number of carbonyl (C=O) groups excluding carboxylic acids is 1. The van der Waals surface area contributed by atoms with E-state index in [-0.39, 0.29) is 12.5 Å². The van der Waals surface area contributed by atoms with Gasteiger partial charge in [0, 0.05) is 18.3 Å². The van der Waals surface area contributed by atoms with E-state index in [9.17, 15) is 18.0 Å². The molecule has 2 aromatic carbocycles. The molecule has 0 bridgehead atoms. The van der Waals surface area contributed by atoms with E-state index in [2.05, 4.69) is 20.6 Å². The lowest BCUT2D eigenvalue weighted by Gasteiger charge is -2.09. The highest BCUT2D eigenvalue weighted by Gasteiger charge is 2.30. The number of hydrogen-bond donors (Lipinski definition) is 2. The van der Waals surface area contributed by atoms with Gasteiger partial charge in [0.1, 0.15) is 0 Å². The van der Waals surface area contributed by atoms with Crippen molar-refractivity contribution >= 4 is 38.3 Å². The van der Waals surface area contributed by atoms with E-state index in [1.54, 1.807) is 30.6 Å². The fraction of sp³-hybridized carbons (Fsp3) is 0.0952. The summed E-state index contributed by atoms with van der Waals surface area (Å²) in [6.45, 7) is -0.00268. The average molecular weight is 428 g/mol. The molecule has 0 aliphatic heterocycles. The monoisotopic (exact) mass is 428 g/mol. The van der Waals surface area contributed by atoms with Gasteiger partial charge in [0.05, 0.1) is 27.7 Å². The van der Waals surface area contributed by atoms with Crippen LogP contribution in [0.3, 0.4) is 0 Å².